The molecule has 10 heteroatoms. The molecule has 0 spiro atoms. The molecule has 1 amide bonds. The van der Waals surface area contributed by atoms with Crippen LogP contribution in [0.2, 0.25) is 5.02 Å². The summed E-state index contributed by atoms with van der Waals surface area (Å²) in [5.74, 6) is -2.06. The molecule has 38 heavy (non-hydrogen) atoms. The van der Waals surface area contributed by atoms with Crippen molar-refractivity contribution >= 4 is 51.5 Å². The molecule has 1 aliphatic rings. The van der Waals surface area contributed by atoms with Gasteiger partial charge in [-0.15, -0.1) is 0 Å². The van der Waals surface area contributed by atoms with E-state index in [0.717, 1.165) is 16.9 Å². The molecule has 0 radical (unpaired) electrons. The summed E-state index contributed by atoms with van der Waals surface area (Å²) in [4.78, 5) is 45.1. The zero-order valence-corrected chi connectivity index (χ0v) is 22.6. The van der Waals surface area contributed by atoms with Gasteiger partial charge in [-0.1, -0.05) is 47.7 Å². The topological polar surface area (TPSA) is 106 Å². The van der Waals surface area contributed by atoms with Gasteiger partial charge in [0.2, 0.25) is 0 Å². The van der Waals surface area contributed by atoms with Crippen molar-refractivity contribution in [2.75, 3.05) is 18.1 Å². The summed E-state index contributed by atoms with van der Waals surface area (Å²) in [6.45, 7) is 9.32. The number of aliphatic hydroxyl groups excluding tert-OH is 1. The number of aryl methyl sites for hydroxylation is 2. The van der Waals surface area contributed by atoms with Crippen molar-refractivity contribution in [1.82, 2.24) is 4.98 Å². The average Bonchev–Trinajstić information content (AvgIpc) is 3.40. The van der Waals surface area contributed by atoms with Crippen molar-refractivity contribution in [3.63, 3.8) is 0 Å². The number of aromatic nitrogens is 1. The molecule has 2 heterocycles. The van der Waals surface area contributed by atoms with E-state index >= 15 is 0 Å². The van der Waals surface area contributed by atoms with Crippen molar-refractivity contribution in [3.8, 4) is 5.75 Å². The third-order valence-electron chi connectivity index (χ3n) is 5.89. The van der Waals surface area contributed by atoms with Gasteiger partial charge >= 0.3 is 11.9 Å². The fourth-order valence-corrected chi connectivity index (χ4v) is 5.25. The minimum atomic E-state index is -1.01. The first-order chi connectivity index (χ1) is 18.2. The smallest absolute Gasteiger partial charge is 0.350 e. The molecule has 196 valence electrons. The van der Waals surface area contributed by atoms with Crippen molar-refractivity contribution in [2.24, 2.45) is 0 Å². The molecule has 0 aliphatic carbocycles. The van der Waals surface area contributed by atoms with E-state index in [1.165, 1.54) is 11.0 Å². The second kappa shape index (κ2) is 11.2. The van der Waals surface area contributed by atoms with E-state index in [9.17, 15) is 19.5 Å². The Bertz CT molecular complexity index is 1460. The van der Waals surface area contributed by atoms with Crippen molar-refractivity contribution in [1.29, 1.82) is 0 Å². The van der Waals surface area contributed by atoms with Crippen LogP contribution in [-0.4, -0.2) is 41.0 Å². The van der Waals surface area contributed by atoms with E-state index in [1.807, 2.05) is 13.8 Å². The normalized spacial score (nSPS) is 16.5. The number of amides is 1. The highest BCUT2D eigenvalue weighted by Gasteiger charge is 2.48. The summed E-state index contributed by atoms with van der Waals surface area (Å²) in [6, 6.07) is 10.6. The Morgan fingerprint density at radius 2 is 1.92 bits per heavy atom. The molecule has 4 rings (SSSR count). The summed E-state index contributed by atoms with van der Waals surface area (Å²) in [7, 11) is 0. The SMILES string of the molecule is C=CCOC(=O)c1sc(N2C(=O)C(=O)C(=C(O)c3ccc(OCC)c(C)c3)C2c2ccc(Cl)cc2)nc1C. The third kappa shape index (κ3) is 5.07. The number of Topliss-reactive ketones (excluding diaryl/α,β-unsaturated/α-hetero) is 1. The van der Waals surface area contributed by atoms with Crippen molar-refractivity contribution < 1.29 is 29.0 Å². The van der Waals surface area contributed by atoms with Gasteiger partial charge in [0.15, 0.2) is 5.13 Å². The number of ketones is 1. The Labute approximate surface area is 228 Å². The predicted octanol–water partition coefficient (Wildman–Crippen LogP) is 5.78. The summed E-state index contributed by atoms with van der Waals surface area (Å²) in [6.07, 6.45) is 1.44. The summed E-state index contributed by atoms with van der Waals surface area (Å²) < 4.78 is 10.7. The van der Waals surface area contributed by atoms with Gasteiger partial charge in [-0.25, -0.2) is 9.78 Å². The minimum absolute atomic E-state index is 0.0162. The number of aliphatic hydroxyl groups is 1. The molecule has 3 aromatic rings. The van der Waals surface area contributed by atoms with E-state index in [2.05, 4.69) is 11.6 Å². The molecule has 1 atom stereocenters. The molecule has 1 unspecified atom stereocenters. The van der Waals surface area contributed by atoms with E-state index < -0.39 is 23.7 Å². The summed E-state index contributed by atoms with van der Waals surface area (Å²) in [5.41, 5.74) is 1.88. The Morgan fingerprint density at radius 3 is 2.55 bits per heavy atom. The number of nitrogens with zero attached hydrogens (tertiary/aromatic N) is 2. The number of ether oxygens (including phenoxy) is 2. The van der Waals surface area contributed by atoms with Crippen LogP contribution in [0.15, 0.2) is 60.7 Å². The molecule has 1 saturated heterocycles. The average molecular weight is 553 g/mol. The van der Waals surface area contributed by atoms with Gasteiger partial charge in [0.05, 0.1) is 23.9 Å². The van der Waals surface area contributed by atoms with Gasteiger partial charge in [0, 0.05) is 10.6 Å². The number of hydrogen-bond donors (Lipinski definition) is 1. The van der Waals surface area contributed by atoms with Gasteiger partial charge in [0.1, 0.15) is 23.0 Å². The number of esters is 1. The molecule has 1 N–H and O–H groups in total. The fraction of sp³-hybridized carbons (Fsp3) is 0.214. The van der Waals surface area contributed by atoms with E-state index in [-0.39, 0.29) is 27.9 Å². The predicted molar refractivity (Wildman–Crippen MR) is 146 cm³/mol. The van der Waals surface area contributed by atoms with Crippen LogP contribution in [0.5, 0.6) is 5.75 Å². The maximum atomic E-state index is 13.4. The van der Waals surface area contributed by atoms with Crippen LogP contribution in [0.4, 0.5) is 5.13 Å². The first-order valence-corrected chi connectivity index (χ1v) is 12.9. The van der Waals surface area contributed by atoms with Crippen LogP contribution in [0.25, 0.3) is 5.76 Å². The highest BCUT2D eigenvalue weighted by molar-refractivity contribution is 7.17. The first-order valence-electron chi connectivity index (χ1n) is 11.7. The Hall–Kier alpha value is -3.95. The maximum Gasteiger partial charge on any atom is 0.350 e. The molecule has 0 bridgehead atoms. The second-order valence-electron chi connectivity index (χ2n) is 8.43. The molecular formula is C28H25ClN2O6S. The van der Waals surface area contributed by atoms with Crippen LogP contribution in [-0.2, 0) is 14.3 Å². The number of hydrogen-bond acceptors (Lipinski definition) is 8. The van der Waals surface area contributed by atoms with E-state index in [4.69, 9.17) is 21.1 Å². The minimum Gasteiger partial charge on any atom is -0.507 e. The van der Waals surface area contributed by atoms with Crippen LogP contribution >= 0.6 is 22.9 Å². The quantitative estimate of drug-likeness (QED) is 0.124. The van der Waals surface area contributed by atoms with Crippen LogP contribution in [0, 0.1) is 13.8 Å². The first kappa shape index (κ1) is 27.1. The number of halogens is 1. The lowest BCUT2D eigenvalue weighted by Gasteiger charge is -2.23. The number of rotatable bonds is 8. The lowest BCUT2D eigenvalue weighted by molar-refractivity contribution is -0.132. The van der Waals surface area contributed by atoms with Gasteiger partial charge in [-0.05, 0) is 62.2 Å². The number of anilines is 1. The second-order valence-corrected chi connectivity index (χ2v) is 9.85. The Morgan fingerprint density at radius 1 is 1.21 bits per heavy atom. The Kier molecular flexibility index (Phi) is 7.99. The number of benzene rings is 2. The van der Waals surface area contributed by atoms with Crippen LogP contribution in [0.1, 0.15) is 45.0 Å². The van der Waals surface area contributed by atoms with Gasteiger partial charge in [0.25, 0.3) is 5.78 Å². The lowest BCUT2D eigenvalue weighted by Crippen LogP contribution is -2.29. The maximum absolute atomic E-state index is 13.4. The molecular weight excluding hydrogens is 528 g/mol. The third-order valence-corrected chi connectivity index (χ3v) is 7.28. The zero-order valence-electron chi connectivity index (χ0n) is 21.0. The summed E-state index contributed by atoms with van der Waals surface area (Å²) >= 11 is 7.02. The largest absolute Gasteiger partial charge is 0.507 e. The number of thiazole rings is 1. The lowest BCUT2D eigenvalue weighted by atomic mass is 9.95. The molecule has 1 aromatic heterocycles. The van der Waals surface area contributed by atoms with Crippen LogP contribution < -0.4 is 9.64 Å². The molecule has 8 nitrogen and oxygen atoms in total. The number of carbonyl (C=O) groups excluding carboxylic acids is 3. The highest BCUT2D eigenvalue weighted by Crippen LogP contribution is 2.44. The van der Waals surface area contributed by atoms with Gasteiger partial charge < -0.3 is 14.6 Å². The molecule has 2 aromatic carbocycles. The summed E-state index contributed by atoms with van der Waals surface area (Å²) in [5, 5.41) is 11.9. The highest BCUT2D eigenvalue weighted by atomic mass is 35.5. The monoisotopic (exact) mass is 552 g/mol. The number of carbonyl (C=O) groups is 3. The van der Waals surface area contributed by atoms with Gasteiger partial charge in [-0.3, -0.25) is 14.5 Å². The molecule has 1 fully saturated rings. The standard InChI is InChI=1S/C28H25ClN2O6S/c1-5-13-37-27(35)25-16(4)30-28(38-25)31-22(17-7-10-19(29)11-8-17)21(24(33)26(31)34)23(32)18-9-12-20(36-6-2)15(3)14-18/h5,7-12,14,22,32H,1,6,13H2,2-4H3. The van der Waals surface area contributed by atoms with E-state index in [1.54, 1.807) is 49.4 Å². The van der Waals surface area contributed by atoms with Crippen molar-refractivity contribution in [2.45, 2.75) is 26.8 Å². The molecule has 0 saturated carbocycles. The van der Waals surface area contributed by atoms with E-state index in [0.29, 0.717) is 34.2 Å². The Balaban J connectivity index is 1.87. The zero-order chi connectivity index (χ0) is 27.6. The van der Waals surface area contributed by atoms with Crippen molar-refractivity contribution in [3.05, 3.63) is 93.0 Å². The van der Waals surface area contributed by atoms with Gasteiger partial charge in [-0.2, -0.15) is 0 Å². The fourth-order valence-electron chi connectivity index (χ4n) is 4.13. The molecule has 1 aliphatic heterocycles. The van der Waals surface area contributed by atoms with Crippen LogP contribution in [0.3, 0.4) is 0 Å².